The number of urea groups is 1. The number of fused-ring (bicyclic) bond motifs is 1. The van der Waals surface area contributed by atoms with Gasteiger partial charge in [-0.1, -0.05) is 38.6 Å². The van der Waals surface area contributed by atoms with Gasteiger partial charge in [0.25, 0.3) is 0 Å². The Hall–Kier alpha value is -2.13. The summed E-state index contributed by atoms with van der Waals surface area (Å²) in [6, 6.07) is 1.74. The van der Waals surface area contributed by atoms with E-state index < -0.39 is 11.3 Å². The van der Waals surface area contributed by atoms with Crippen molar-refractivity contribution in [2.24, 2.45) is 11.3 Å². The molecule has 0 aromatic carbocycles. The number of hydrogen-bond donors (Lipinski definition) is 2. The van der Waals surface area contributed by atoms with E-state index in [1.807, 2.05) is 4.57 Å². The van der Waals surface area contributed by atoms with Gasteiger partial charge in [-0.3, -0.25) is 14.7 Å². The van der Waals surface area contributed by atoms with E-state index in [9.17, 15) is 9.59 Å². The average molecular weight is 462 g/mol. The van der Waals surface area contributed by atoms with E-state index in [0.717, 1.165) is 23.5 Å². The summed E-state index contributed by atoms with van der Waals surface area (Å²) in [6.45, 7) is 13.1. The van der Waals surface area contributed by atoms with Crippen molar-refractivity contribution in [1.29, 1.82) is 0 Å². The SMILES string of the molecule is C=CCn1c(SC(C)C(=O)NC(=O)NC)nnc1-c1cc2c(s1)CCC(C(C)(C)C)C2. The summed E-state index contributed by atoms with van der Waals surface area (Å²) in [4.78, 5) is 26.2. The lowest BCUT2D eigenvalue weighted by atomic mass is 9.72. The Labute approximate surface area is 192 Å². The van der Waals surface area contributed by atoms with E-state index in [1.54, 1.807) is 24.3 Å². The number of carbonyl (C=O) groups is 2. The van der Waals surface area contributed by atoms with Crippen molar-refractivity contribution >= 4 is 35.0 Å². The fraction of sp³-hybridized carbons (Fsp3) is 0.545. The van der Waals surface area contributed by atoms with Crippen LogP contribution >= 0.6 is 23.1 Å². The molecule has 2 aromatic heterocycles. The quantitative estimate of drug-likeness (QED) is 0.495. The summed E-state index contributed by atoms with van der Waals surface area (Å²) in [7, 11) is 1.47. The average Bonchev–Trinajstić information content (AvgIpc) is 3.30. The molecule has 1 aliphatic rings. The van der Waals surface area contributed by atoms with Gasteiger partial charge in [-0.15, -0.1) is 28.1 Å². The van der Waals surface area contributed by atoms with Crippen LogP contribution < -0.4 is 10.6 Å². The molecule has 0 saturated heterocycles. The maximum atomic E-state index is 12.2. The Morgan fingerprint density at radius 2 is 2.16 bits per heavy atom. The van der Waals surface area contributed by atoms with Crippen molar-refractivity contribution in [2.75, 3.05) is 7.05 Å². The minimum atomic E-state index is -0.525. The Morgan fingerprint density at radius 1 is 1.42 bits per heavy atom. The van der Waals surface area contributed by atoms with Crippen LogP contribution in [0.1, 0.15) is 44.6 Å². The van der Waals surface area contributed by atoms with E-state index >= 15 is 0 Å². The summed E-state index contributed by atoms with van der Waals surface area (Å²) in [6.07, 6.45) is 5.23. The molecule has 2 atom stereocenters. The van der Waals surface area contributed by atoms with Gasteiger partial charge in [0.1, 0.15) is 0 Å². The van der Waals surface area contributed by atoms with E-state index in [4.69, 9.17) is 0 Å². The molecule has 0 radical (unpaired) electrons. The van der Waals surface area contributed by atoms with Gasteiger partial charge in [-0.05, 0) is 49.1 Å². The lowest BCUT2D eigenvalue weighted by molar-refractivity contribution is -0.119. The molecule has 0 fully saturated rings. The maximum absolute atomic E-state index is 12.2. The van der Waals surface area contributed by atoms with Crippen molar-refractivity contribution < 1.29 is 9.59 Å². The standard InChI is InChI=1S/C22H31N5O2S2/c1-7-10-27-18(25-26-21(27)30-13(2)19(28)24-20(29)23-6)17-12-14-11-15(22(3,4)5)8-9-16(14)31-17/h7,12-13,15H,1,8-11H2,2-6H3,(H2,23,24,28,29). The Morgan fingerprint density at radius 3 is 2.81 bits per heavy atom. The highest BCUT2D eigenvalue weighted by Gasteiger charge is 2.31. The molecule has 0 saturated carbocycles. The van der Waals surface area contributed by atoms with Crippen LogP contribution in [0.25, 0.3) is 10.7 Å². The molecule has 2 heterocycles. The van der Waals surface area contributed by atoms with Crippen molar-refractivity contribution in [3.63, 3.8) is 0 Å². The van der Waals surface area contributed by atoms with Crippen LogP contribution in [-0.4, -0.2) is 39.0 Å². The predicted molar refractivity (Wildman–Crippen MR) is 126 cm³/mol. The largest absolute Gasteiger partial charge is 0.341 e. The zero-order chi connectivity index (χ0) is 22.8. The molecule has 0 aliphatic heterocycles. The second-order valence-electron chi connectivity index (χ2n) is 8.90. The van der Waals surface area contributed by atoms with Crippen molar-refractivity contribution in [3.05, 3.63) is 29.2 Å². The van der Waals surface area contributed by atoms with Gasteiger partial charge < -0.3 is 5.32 Å². The number of nitrogens with zero attached hydrogens (tertiary/aromatic N) is 3. The summed E-state index contributed by atoms with van der Waals surface area (Å²) in [5.41, 5.74) is 1.73. The van der Waals surface area contributed by atoms with Gasteiger partial charge in [0.15, 0.2) is 11.0 Å². The van der Waals surface area contributed by atoms with Crippen molar-refractivity contribution in [1.82, 2.24) is 25.4 Å². The van der Waals surface area contributed by atoms with Gasteiger partial charge >= 0.3 is 6.03 Å². The molecule has 168 valence electrons. The number of rotatable bonds is 6. The number of thiophene rings is 1. The zero-order valence-electron chi connectivity index (χ0n) is 18.8. The molecule has 3 rings (SSSR count). The second-order valence-corrected chi connectivity index (χ2v) is 11.3. The molecular weight excluding hydrogens is 430 g/mol. The van der Waals surface area contributed by atoms with Crippen LogP contribution in [0, 0.1) is 11.3 Å². The topological polar surface area (TPSA) is 88.9 Å². The molecule has 3 amide bonds. The highest BCUT2D eigenvalue weighted by molar-refractivity contribution is 8.00. The van der Waals surface area contributed by atoms with Crippen LogP contribution in [0.15, 0.2) is 23.9 Å². The molecule has 1 aliphatic carbocycles. The third kappa shape index (κ3) is 5.38. The van der Waals surface area contributed by atoms with Crippen molar-refractivity contribution in [3.8, 4) is 10.7 Å². The van der Waals surface area contributed by atoms with Crippen molar-refractivity contribution in [2.45, 2.75) is 63.9 Å². The van der Waals surface area contributed by atoms with E-state index in [2.05, 4.69) is 54.2 Å². The summed E-state index contributed by atoms with van der Waals surface area (Å²) in [5.74, 6) is 1.10. The van der Waals surface area contributed by atoms with Gasteiger partial charge in [-0.25, -0.2) is 4.79 Å². The van der Waals surface area contributed by atoms with Crippen LogP contribution in [-0.2, 0) is 24.2 Å². The number of nitrogens with one attached hydrogen (secondary N) is 2. The summed E-state index contributed by atoms with van der Waals surface area (Å²) in [5, 5.41) is 13.6. The number of allylic oxidation sites excluding steroid dienone is 1. The van der Waals surface area contributed by atoms with E-state index in [0.29, 0.717) is 23.0 Å². The Bertz CT molecular complexity index is 973. The first kappa shape index (κ1) is 23.5. The monoisotopic (exact) mass is 461 g/mol. The maximum Gasteiger partial charge on any atom is 0.321 e. The zero-order valence-corrected chi connectivity index (χ0v) is 20.5. The Balaban J connectivity index is 1.83. The number of carbonyl (C=O) groups excluding carboxylic acids is 2. The van der Waals surface area contributed by atoms with Gasteiger partial charge in [-0.2, -0.15) is 0 Å². The van der Waals surface area contributed by atoms with Gasteiger partial charge in [0.05, 0.1) is 10.1 Å². The molecule has 0 bridgehead atoms. The van der Waals surface area contributed by atoms with Crippen LogP contribution in [0.3, 0.4) is 0 Å². The molecule has 0 spiro atoms. The molecular formula is C22H31N5O2S2. The third-order valence-electron chi connectivity index (χ3n) is 5.67. The van der Waals surface area contributed by atoms with E-state index in [1.165, 1.54) is 35.7 Å². The first-order valence-corrected chi connectivity index (χ1v) is 12.2. The molecule has 7 nitrogen and oxygen atoms in total. The van der Waals surface area contributed by atoms with E-state index in [-0.39, 0.29) is 5.91 Å². The van der Waals surface area contributed by atoms with Crippen LogP contribution in [0.2, 0.25) is 0 Å². The Kier molecular flexibility index (Phi) is 7.26. The smallest absolute Gasteiger partial charge is 0.321 e. The number of thioether (sulfide) groups is 1. The summed E-state index contributed by atoms with van der Waals surface area (Å²) >= 11 is 3.07. The molecule has 2 aromatic rings. The molecule has 9 heteroatoms. The number of imide groups is 1. The van der Waals surface area contributed by atoms with Gasteiger partial charge in [0.2, 0.25) is 5.91 Å². The lowest BCUT2D eigenvalue weighted by Gasteiger charge is -2.33. The number of amides is 3. The fourth-order valence-electron chi connectivity index (χ4n) is 3.71. The third-order valence-corrected chi connectivity index (χ3v) is 7.99. The van der Waals surface area contributed by atoms with Crippen LogP contribution in [0.4, 0.5) is 4.79 Å². The second kappa shape index (κ2) is 9.56. The number of aryl methyl sites for hydroxylation is 1. The minimum absolute atomic E-state index is 0.303. The molecule has 2 unspecified atom stereocenters. The van der Waals surface area contributed by atoms with Gasteiger partial charge in [0, 0.05) is 18.5 Å². The fourth-order valence-corrected chi connectivity index (χ4v) is 5.77. The lowest BCUT2D eigenvalue weighted by Crippen LogP contribution is -2.41. The first-order valence-electron chi connectivity index (χ1n) is 10.5. The number of hydrogen-bond acceptors (Lipinski definition) is 6. The van der Waals surface area contributed by atoms with Crippen LogP contribution in [0.5, 0.6) is 0 Å². The highest BCUT2D eigenvalue weighted by Crippen LogP contribution is 2.42. The number of aromatic nitrogens is 3. The molecule has 2 N–H and O–H groups in total. The predicted octanol–water partition coefficient (Wildman–Crippen LogP) is 4.28. The summed E-state index contributed by atoms with van der Waals surface area (Å²) < 4.78 is 1.99. The minimum Gasteiger partial charge on any atom is -0.341 e. The first-order chi connectivity index (χ1) is 14.6. The normalized spacial score (nSPS) is 17.0. The highest BCUT2D eigenvalue weighted by atomic mass is 32.2. The molecule has 31 heavy (non-hydrogen) atoms.